The molecule has 1 unspecified atom stereocenters. The first-order valence-electron chi connectivity index (χ1n) is 6.07. The van der Waals surface area contributed by atoms with Gasteiger partial charge in [0.15, 0.2) is 9.84 Å². The molecule has 0 fully saturated rings. The number of halogens is 1. The van der Waals surface area contributed by atoms with E-state index in [1.807, 2.05) is 5.32 Å². The smallest absolute Gasteiger partial charge is 0.321 e. The zero-order chi connectivity index (χ0) is 16.2. The number of sulfone groups is 1. The Balaban J connectivity index is 3.01. The lowest BCUT2D eigenvalue weighted by Gasteiger charge is -2.14. The summed E-state index contributed by atoms with van der Waals surface area (Å²) in [4.78, 5) is 23.0. The third-order valence-corrected chi connectivity index (χ3v) is 5.70. The van der Waals surface area contributed by atoms with Gasteiger partial charge in [0.05, 0.1) is 4.90 Å². The Labute approximate surface area is 131 Å². The van der Waals surface area contributed by atoms with Crippen LogP contribution in [0.4, 0.5) is 10.5 Å². The average Bonchev–Trinajstić information content (AvgIpc) is 2.37. The maximum absolute atomic E-state index is 12.4. The molecule has 0 saturated heterocycles. The van der Waals surface area contributed by atoms with Gasteiger partial charge < -0.3 is 11.1 Å². The van der Waals surface area contributed by atoms with Gasteiger partial charge in [-0.2, -0.15) is 0 Å². The monoisotopic (exact) mass is 377 g/mol. The molecule has 9 heteroatoms. The minimum absolute atomic E-state index is 0.0600. The zero-order valence-corrected chi connectivity index (χ0v) is 13.9. The highest BCUT2D eigenvalue weighted by atomic mass is 79.9. The highest BCUT2D eigenvalue weighted by molar-refractivity contribution is 9.10. The molecule has 116 valence electrons. The number of nitrogen functional groups attached to an aromatic ring is 1. The maximum atomic E-state index is 12.4. The van der Waals surface area contributed by atoms with Crippen LogP contribution in [0.3, 0.4) is 0 Å². The maximum Gasteiger partial charge on any atom is 0.321 e. The largest absolute Gasteiger partial charge is 0.399 e. The molecule has 0 aromatic heterocycles. The molecule has 0 heterocycles. The van der Waals surface area contributed by atoms with Crippen molar-refractivity contribution in [2.24, 2.45) is 0 Å². The van der Waals surface area contributed by atoms with E-state index in [9.17, 15) is 18.0 Å². The molecule has 0 spiro atoms. The fraction of sp³-hybridized carbons (Fsp3) is 0.333. The topological polar surface area (TPSA) is 118 Å². The first-order chi connectivity index (χ1) is 9.70. The van der Waals surface area contributed by atoms with Crippen LogP contribution in [-0.2, 0) is 14.6 Å². The van der Waals surface area contributed by atoms with Crippen LogP contribution in [0.2, 0.25) is 0 Å². The van der Waals surface area contributed by atoms with Gasteiger partial charge in [0.1, 0.15) is 5.25 Å². The molecule has 4 N–H and O–H groups in total. The van der Waals surface area contributed by atoms with Crippen molar-refractivity contribution >= 4 is 43.4 Å². The van der Waals surface area contributed by atoms with Crippen molar-refractivity contribution in [3.05, 3.63) is 22.7 Å². The van der Waals surface area contributed by atoms with E-state index in [0.717, 1.165) is 0 Å². The van der Waals surface area contributed by atoms with Gasteiger partial charge in [-0.1, -0.05) is 0 Å². The van der Waals surface area contributed by atoms with Crippen molar-refractivity contribution in [1.82, 2.24) is 10.6 Å². The van der Waals surface area contributed by atoms with Crippen molar-refractivity contribution in [3.63, 3.8) is 0 Å². The van der Waals surface area contributed by atoms with Gasteiger partial charge in [-0.3, -0.25) is 10.1 Å². The normalized spacial score (nSPS) is 12.5. The second-order valence-electron chi connectivity index (χ2n) is 4.23. The molecule has 21 heavy (non-hydrogen) atoms. The molecule has 1 aromatic rings. The molecule has 1 rings (SSSR count). The molecule has 0 radical (unpaired) electrons. The summed E-state index contributed by atoms with van der Waals surface area (Å²) < 4.78 is 25.0. The van der Waals surface area contributed by atoms with Crippen LogP contribution < -0.4 is 16.4 Å². The highest BCUT2D eigenvalue weighted by Gasteiger charge is 2.32. The number of nitrogens with one attached hydrogen (secondary N) is 2. The lowest BCUT2D eigenvalue weighted by Crippen LogP contribution is -2.45. The molecule has 3 amide bonds. The summed E-state index contributed by atoms with van der Waals surface area (Å²) in [5.41, 5.74) is 5.94. The van der Waals surface area contributed by atoms with Gasteiger partial charge >= 0.3 is 6.03 Å². The van der Waals surface area contributed by atoms with Crippen molar-refractivity contribution in [1.29, 1.82) is 0 Å². The quantitative estimate of drug-likeness (QED) is 0.677. The Hall–Kier alpha value is -1.61. The van der Waals surface area contributed by atoms with Gasteiger partial charge in [0, 0.05) is 16.7 Å². The third kappa shape index (κ3) is 4.18. The first kappa shape index (κ1) is 17.4. The fourth-order valence-corrected chi connectivity index (χ4v) is 3.88. The Kier molecular flexibility index (Phi) is 5.73. The van der Waals surface area contributed by atoms with E-state index in [1.54, 1.807) is 6.92 Å². The number of nitrogens with two attached hydrogens (primary N) is 1. The summed E-state index contributed by atoms with van der Waals surface area (Å²) in [7, 11) is -3.94. The van der Waals surface area contributed by atoms with E-state index in [2.05, 4.69) is 21.2 Å². The van der Waals surface area contributed by atoms with Crippen LogP contribution in [0, 0.1) is 0 Å². The number of hydrogen-bond acceptors (Lipinski definition) is 5. The number of hydrogen-bond donors (Lipinski definition) is 3. The number of urea groups is 1. The van der Waals surface area contributed by atoms with Crippen molar-refractivity contribution in [3.8, 4) is 0 Å². The summed E-state index contributed by atoms with van der Waals surface area (Å²) in [6.45, 7) is 3.21. The van der Waals surface area contributed by atoms with Gasteiger partial charge in [0.2, 0.25) is 5.91 Å². The summed E-state index contributed by atoms with van der Waals surface area (Å²) in [6, 6.07) is 3.43. The lowest BCUT2D eigenvalue weighted by atomic mass is 10.3. The summed E-state index contributed by atoms with van der Waals surface area (Å²) in [6.07, 6.45) is 0. The van der Waals surface area contributed by atoms with Crippen molar-refractivity contribution in [2.75, 3.05) is 12.3 Å². The SMILES string of the molecule is CCNC(=O)NC(=O)C(C)S(=O)(=O)c1ccc(N)cc1Br. The number of carbonyl (C=O) groups excluding carboxylic acids is 2. The van der Waals surface area contributed by atoms with Crippen LogP contribution in [0.1, 0.15) is 13.8 Å². The third-order valence-electron chi connectivity index (χ3n) is 2.67. The number of rotatable bonds is 4. The Bertz CT molecular complexity index is 660. The summed E-state index contributed by atoms with van der Waals surface area (Å²) in [5, 5.41) is 2.91. The van der Waals surface area contributed by atoms with Gasteiger partial charge in [-0.05, 0) is 48.0 Å². The molecule has 7 nitrogen and oxygen atoms in total. The molecule has 0 aliphatic heterocycles. The molecule has 1 atom stereocenters. The average molecular weight is 378 g/mol. The van der Waals surface area contributed by atoms with Crippen LogP contribution in [0.15, 0.2) is 27.6 Å². The van der Waals surface area contributed by atoms with Gasteiger partial charge in [-0.25, -0.2) is 13.2 Å². The Morgan fingerprint density at radius 1 is 1.38 bits per heavy atom. The lowest BCUT2D eigenvalue weighted by molar-refractivity contribution is -0.119. The molecule has 1 aromatic carbocycles. The van der Waals surface area contributed by atoms with Crippen LogP contribution in [0.25, 0.3) is 0 Å². The van der Waals surface area contributed by atoms with E-state index < -0.39 is 27.0 Å². The predicted molar refractivity (Wildman–Crippen MR) is 82.4 cm³/mol. The predicted octanol–water partition coefficient (Wildman–Crippen LogP) is 1.04. The number of anilines is 1. The molecule has 0 bridgehead atoms. The van der Waals surface area contributed by atoms with Gasteiger partial charge in [-0.15, -0.1) is 0 Å². The second-order valence-corrected chi connectivity index (χ2v) is 7.32. The summed E-state index contributed by atoms with van der Waals surface area (Å²) in [5.74, 6) is -0.898. The number of carbonyl (C=O) groups is 2. The van der Waals surface area contributed by atoms with E-state index >= 15 is 0 Å². The minimum Gasteiger partial charge on any atom is -0.399 e. The van der Waals surface area contributed by atoms with E-state index in [-0.39, 0.29) is 9.37 Å². The molecular formula is C12H16BrN3O4S. The Morgan fingerprint density at radius 2 is 2.00 bits per heavy atom. The molecule has 0 aliphatic rings. The van der Waals surface area contributed by atoms with Gasteiger partial charge in [0.25, 0.3) is 0 Å². The minimum atomic E-state index is -3.94. The standard InChI is InChI=1S/C12H16BrN3O4S/c1-3-15-12(18)16-11(17)7(2)21(19,20)10-5-4-8(14)6-9(10)13/h4-7H,3,14H2,1-2H3,(H2,15,16,17,18). The fourth-order valence-electron chi connectivity index (χ4n) is 1.50. The van der Waals surface area contributed by atoms with E-state index in [1.165, 1.54) is 25.1 Å². The van der Waals surface area contributed by atoms with E-state index in [0.29, 0.717) is 12.2 Å². The number of imide groups is 1. The van der Waals surface area contributed by atoms with Crippen LogP contribution in [-0.4, -0.2) is 32.2 Å². The molecule has 0 aliphatic carbocycles. The van der Waals surface area contributed by atoms with Crippen molar-refractivity contribution < 1.29 is 18.0 Å². The Morgan fingerprint density at radius 3 is 2.52 bits per heavy atom. The summed E-state index contributed by atoms with van der Waals surface area (Å²) >= 11 is 3.11. The number of benzene rings is 1. The second kappa shape index (κ2) is 6.90. The van der Waals surface area contributed by atoms with Crippen LogP contribution in [0.5, 0.6) is 0 Å². The van der Waals surface area contributed by atoms with Crippen LogP contribution >= 0.6 is 15.9 Å². The first-order valence-corrected chi connectivity index (χ1v) is 8.41. The molecular weight excluding hydrogens is 362 g/mol. The number of amides is 3. The van der Waals surface area contributed by atoms with E-state index in [4.69, 9.17) is 5.73 Å². The zero-order valence-electron chi connectivity index (χ0n) is 11.5. The van der Waals surface area contributed by atoms with Crippen molar-refractivity contribution in [2.45, 2.75) is 24.0 Å². The molecule has 0 saturated carbocycles. The highest BCUT2D eigenvalue weighted by Crippen LogP contribution is 2.27.